The second-order valence-corrected chi connectivity index (χ2v) is 8.70. The summed E-state index contributed by atoms with van der Waals surface area (Å²) < 4.78 is 11.1. The molecule has 6 nitrogen and oxygen atoms in total. The third-order valence-electron chi connectivity index (χ3n) is 5.30. The molecular formula is C25H32ClN3O3. The summed E-state index contributed by atoms with van der Waals surface area (Å²) in [4.78, 5) is 14.9. The van der Waals surface area contributed by atoms with Gasteiger partial charge in [0.05, 0.1) is 29.6 Å². The molecule has 7 heteroatoms. The summed E-state index contributed by atoms with van der Waals surface area (Å²) in [7, 11) is 3.71. The van der Waals surface area contributed by atoms with Gasteiger partial charge in [0.2, 0.25) is 5.91 Å². The first-order chi connectivity index (χ1) is 15.4. The molecule has 3 rings (SSSR count). The lowest BCUT2D eigenvalue weighted by atomic mass is 10.0. The van der Waals surface area contributed by atoms with E-state index < -0.39 is 0 Å². The zero-order valence-electron chi connectivity index (χ0n) is 19.2. The summed E-state index contributed by atoms with van der Waals surface area (Å²) in [6.07, 6.45) is 5.32. The van der Waals surface area contributed by atoms with Gasteiger partial charge in [-0.15, -0.1) is 0 Å². The number of rotatable bonds is 8. The number of nitrogens with zero attached hydrogens (tertiary/aromatic N) is 1. The summed E-state index contributed by atoms with van der Waals surface area (Å²) in [6.45, 7) is 5.99. The van der Waals surface area contributed by atoms with Crippen LogP contribution in [0.5, 0.6) is 11.5 Å². The number of methoxy groups -OCH3 is 1. The van der Waals surface area contributed by atoms with Crippen LogP contribution in [-0.4, -0.2) is 50.2 Å². The van der Waals surface area contributed by atoms with Gasteiger partial charge in [0.25, 0.3) is 0 Å². The molecule has 1 saturated heterocycles. The fourth-order valence-electron chi connectivity index (χ4n) is 3.62. The SMILES string of the molecule is COc1cc(C=CC(=O)Nc2ccccc2NC2CCN(C)CC2)cc(Cl)c1OC(C)C. The van der Waals surface area contributed by atoms with Crippen molar-refractivity contribution in [1.29, 1.82) is 0 Å². The van der Waals surface area contributed by atoms with E-state index in [0.29, 0.717) is 22.6 Å². The van der Waals surface area contributed by atoms with Gasteiger partial charge in [-0.25, -0.2) is 0 Å². The molecule has 2 aromatic rings. The Morgan fingerprint density at radius 1 is 1.19 bits per heavy atom. The van der Waals surface area contributed by atoms with E-state index in [4.69, 9.17) is 21.1 Å². The van der Waals surface area contributed by atoms with E-state index in [2.05, 4.69) is 22.6 Å². The molecule has 0 spiro atoms. The number of amides is 1. The molecule has 32 heavy (non-hydrogen) atoms. The first-order valence-electron chi connectivity index (χ1n) is 10.9. The monoisotopic (exact) mass is 457 g/mol. The van der Waals surface area contributed by atoms with Gasteiger partial charge in [0, 0.05) is 12.1 Å². The van der Waals surface area contributed by atoms with Crippen molar-refractivity contribution in [3.05, 3.63) is 53.1 Å². The van der Waals surface area contributed by atoms with Crippen molar-refractivity contribution >= 4 is 35.0 Å². The fourth-order valence-corrected chi connectivity index (χ4v) is 3.89. The van der Waals surface area contributed by atoms with Crippen molar-refractivity contribution in [2.75, 3.05) is 37.9 Å². The van der Waals surface area contributed by atoms with Crippen molar-refractivity contribution in [2.45, 2.75) is 38.8 Å². The van der Waals surface area contributed by atoms with E-state index in [0.717, 1.165) is 42.9 Å². The molecule has 1 aliphatic heterocycles. The number of likely N-dealkylation sites (tertiary alicyclic amines) is 1. The number of carbonyl (C=O) groups is 1. The lowest BCUT2D eigenvalue weighted by molar-refractivity contribution is -0.111. The zero-order chi connectivity index (χ0) is 23.1. The maximum absolute atomic E-state index is 12.6. The van der Waals surface area contributed by atoms with Crippen molar-refractivity contribution in [2.24, 2.45) is 0 Å². The first-order valence-corrected chi connectivity index (χ1v) is 11.3. The Hall–Kier alpha value is -2.70. The van der Waals surface area contributed by atoms with E-state index in [-0.39, 0.29) is 12.0 Å². The second kappa shape index (κ2) is 11.2. The maximum Gasteiger partial charge on any atom is 0.248 e. The van der Waals surface area contributed by atoms with Crippen LogP contribution in [-0.2, 0) is 4.79 Å². The highest BCUT2D eigenvalue weighted by Crippen LogP contribution is 2.37. The van der Waals surface area contributed by atoms with Crippen LogP contribution in [0.2, 0.25) is 5.02 Å². The minimum absolute atomic E-state index is 0.0308. The van der Waals surface area contributed by atoms with E-state index >= 15 is 0 Å². The molecule has 1 heterocycles. The highest BCUT2D eigenvalue weighted by molar-refractivity contribution is 6.32. The van der Waals surface area contributed by atoms with E-state index in [1.807, 2.05) is 38.1 Å². The van der Waals surface area contributed by atoms with Crippen molar-refractivity contribution < 1.29 is 14.3 Å². The summed E-state index contributed by atoms with van der Waals surface area (Å²) >= 11 is 6.37. The minimum Gasteiger partial charge on any atom is -0.493 e. The number of piperidine rings is 1. The van der Waals surface area contributed by atoms with Crippen LogP contribution in [0.1, 0.15) is 32.3 Å². The molecular weight excluding hydrogens is 426 g/mol. The third-order valence-corrected chi connectivity index (χ3v) is 5.58. The van der Waals surface area contributed by atoms with Crippen LogP contribution in [0, 0.1) is 0 Å². The highest BCUT2D eigenvalue weighted by Gasteiger charge is 2.17. The fraction of sp³-hybridized carbons (Fsp3) is 0.400. The van der Waals surface area contributed by atoms with Crippen LogP contribution in [0.3, 0.4) is 0 Å². The topological polar surface area (TPSA) is 62.8 Å². The summed E-state index contributed by atoms with van der Waals surface area (Å²) in [6, 6.07) is 11.7. The minimum atomic E-state index is -0.222. The van der Waals surface area contributed by atoms with Crippen LogP contribution < -0.4 is 20.1 Å². The number of halogens is 1. The standard InChI is InChI=1S/C25H32ClN3O3/c1-17(2)32-25-20(26)15-18(16-23(25)31-4)9-10-24(30)28-22-8-6-5-7-21(22)27-19-11-13-29(3)14-12-19/h5-10,15-17,19,27H,11-14H2,1-4H3,(H,28,30). The van der Waals surface area contributed by atoms with Gasteiger partial charge in [0.15, 0.2) is 11.5 Å². The Balaban J connectivity index is 1.68. The molecule has 0 aliphatic carbocycles. The molecule has 0 atom stereocenters. The number of hydrogen-bond donors (Lipinski definition) is 2. The van der Waals surface area contributed by atoms with Crippen LogP contribution in [0.4, 0.5) is 11.4 Å². The number of nitrogens with one attached hydrogen (secondary N) is 2. The number of benzene rings is 2. The predicted octanol–water partition coefficient (Wildman–Crippen LogP) is 5.29. The van der Waals surface area contributed by atoms with Crippen molar-refractivity contribution in [3.63, 3.8) is 0 Å². The Morgan fingerprint density at radius 3 is 2.53 bits per heavy atom. The van der Waals surface area contributed by atoms with Crippen molar-refractivity contribution in [1.82, 2.24) is 4.90 Å². The van der Waals surface area contributed by atoms with Gasteiger partial charge in [-0.1, -0.05) is 23.7 Å². The molecule has 1 aliphatic rings. The van der Waals surface area contributed by atoms with Gasteiger partial charge in [-0.05, 0) is 82.7 Å². The molecule has 0 unspecified atom stereocenters. The number of carbonyl (C=O) groups excluding carboxylic acids is 1. The smallest absolute Gasteiger partial charge is 0.248 e. The van der Waals surface area contributed by atoms with E-state index in [1.54, 1.807) is 25.3 Å². The Kier molecular flexibility index (Phi) is 8.42. The third kappa shape index (κ3) is 6.65. The normalized spacial score (nSPS) is 15.2. The molecule has 0 radical (unpaired) electrons. The Morgan fingerprint density at radius 2 is 1.88 bits per heavy atom. The first kappa shape index (κ1) is 24.0. The average Bonchev–Trinajstić information content (AvgIpc) is 2.76. The van der Waals surface area contributed by atoms with Crippen LogP contribution in [0.15, 0.2) is 42.5 Å². The molecule has 0 bridgehead atoms. The van der Waals surface area contributed by atoms with Crippen molar-refractivity contribution in [3.8, 4) is 11.5 Å². The molecule has 172 valence electrons. The number of para-hydroxylation sites is 2. The highest BCUT2D eigenvalue weighted by atomic mass is 35.5. The maximum atomic E-state index is 12.6. The molecule has 1 amide bonds. The summed E-state index contributed by atoms with van der Waals surface area (Å²) in [5.74, 6) is 0.804. The Labute approximate surface area is 195 Å². The molecule has 0 saturated carbocycles. The summed E-state index contributed by atoms with van der Waals surface area (Å²) in [5, 5.41) is 6.99. The summed E-state index contributed by atoms with van der Waals surface area (Å²) in [5.41, 5.74) is 2.44. The van der Waals surface area contributed by atoms with Gasteiger partial charge in [0.1, 0.15) is 0 Å². The number of ether oxygens (including phenoxy) is 2. The zero-order valence-corrected chi connectivity index (χ0v) is 19.9. The van der Waals surface area contributed by atoms with E-state index in [9.17, 15) is 4.79 Å². The molecule has 2 N–H and O–H groups in total. The quantitative estimate of drug-likeness (QED) is 0.527. The van der Waals surface area contributed by atoms with Gasteiger partial charge < -0.3 is 25.0 Å². The lowest BCUT2D eigenvalue weighted by Crippen LogP contribution is -2.36. The molecule has 2 aromatic carbocycles. The van der Waals surface area contributed by atoms with Gasteiger partial charge in [-0.3, -0.25) is 4.79 Å². The average molecular weight is 458 g/mol. The van der Waals surface area contributed by atoms with E-state index in [1.165, 1.54) is 6.08 Å². The Bertz CT molecular complexity index is 953. The van der Waals surface area contributed by atoms with Gasteiger partial charge in [-0.2, -0.15) is 0 Å². The van der Waals surface area contributed by atoms with Gasteiger partial charge >= 0.3 is 0 Å². The largest absolute Gasteiger partial charge is 0.493 e. The van der Waals surface area contributed by atoms with Crippen LogP contribution >= 0.6 is 11.6 Å². The number of anilines is 2. The van der Waals surface area contributed by atoms with Crippen LogP contribution in [0.25, 0.3) is 6.08 Å². The predicted molar refractivity (Wildman–Crippen MR) is 132 cm³/mol. The molecule has 1 fully saturated rings. The number of hydrogen-bond acceptors (Lipinski definition) is 5. The second-order valence-electron chi connectivity index (χ2n) is 8.29. The lowest BCUT2D eigenvalue weighted by Gasteiger charge is -2.30. The molecule has 0 aromatic heterocycles.